The molecule has 90 valence electrons. The van der Waals surface area contributed by atoms with Gasteiger partial charge in [-0.2, -0.15) is 0 Å². The van der Waals surface area contributed by atoms with Crippen molar-refractivity contribution in [2.45, 2.75) is 38.3 Å². The lowest BCUT2D eigenvalue weighted by Gasteiger charge is -2.20. The van der Waals surface area contributed by atoms with E-state index in [4.69, 9.17) is 0 Å². The Hall–Kier alpha value is -0.610. The monoisotopic (exact) mass is 241 g/mol. The molecular weight excluding hydrogens is 222 g/mol. The second kappa shape index (κ2) is 5.15. The molecule has 0 bridgehead atoms. The molecule has 0 aliphatic heterocycles. The van der Waals surface area contributed by atoms with E-state index in [-0.39, 0.29) is 6.10 Å². The highest BCUT2D eigenvalue weighted by Gasteiger charge is 2.20. The fourth-order valence-corrected chi connectivity index (χ4v) is 2.92. The van der Waals surface area contributed by atoms with Crippen LogP contribution < -0.4 is 0 Å². The number of hydrogen-bond donors (Lipinski definition) is 1. The van der Waals surface area contributed by atoms with E-state index in [1.165, 1.54) is 5.69 Å². The van der Waals surface area contributed by atoms with Crippen LogP contribution in [0.15, 0.2) is 12.3 Å². The van der Waals surface area contributed by atoms with Crippen molar-refractivity contribution in [1.29, 1.82) is 0 Å². The van der Waals surface area contributed by atoms with Crippen LogP contribution in [0.3, 0.4) is 0 Å². The van der Waals surface area contributed by atoms with Gasteiger partial charge in [0.05, 0.1) is 6.10 Å². The average Bonchev–Trinajstić information content (AvgIpc) is 2.63. The molecule has 0 aromatic carbocycles. The molecule has 1 heterocycles. The summed E-state index contributed by atoms with van der Waals surface area (Å²) in [5.41, 5.74) is 2.38. The van der Waals surface area contributed by atoms with Crippen molar-refractivity contribution in [3.63, 3.8) is 0 Å². The van der Waals surface area contributed by atoms with Crippen molar-refractivity contribution in [2.24, 2.45) is 0 Å². The van der Waals surface area contributed by atoms with Gasteiger partial charge in [-0.1, -0.05) is 0 Å². The molecule has 0 saturated heterocycles. The molecule has 0 radical (unpaired) electrons. The molecule has 3 nitrogen and oxygen atoms in total. The zero-order chi connectivity index (χ0) is 11.5. The quantitative estimate of drug-likeness (QED) is 0.870. The van der Waals surface area contributed by atoms with Crippen LogP contribution in [-0.2, 0) is 23.8 Å². The molecule has 0 fully saturated rings. The minimum absolute atomic E-state index is 0.273. The van der Waals surface area contributed by atoms with E-state index in [9.17, 15) is 9.32 Å². The molecule has 1 aromatic rings. The summed E-state index contributed by atoms with van der Waals surface area (Å²) in [5, 5.41) is 9.83. The number of aromatic nitrogens is 1. The van der Waals surface area contributed by atoms with Crippen molar-refractivity contribution >= 4 is 10.8 Å². The number of rotatable bonds is 4. The maximum atomic E-state index is 11.0. The number of nitrogens with zero attached hydrogens (tertiary/aromatic N) is 1. The molecule has 2 atom stereocenters. The first kappa shape index (κ1) is 11.9. The largest absolute Gasteiger partial charge is 0.388 e. The van der Waals surface area contributed by atoms with Crippen LogP contribution in [0.2, 0.25) is 0 Å². The summed E-state index contributed by atoms with van der Waals surface area (Å²) in [6.45, 7) is 0.918. The summed E-state index contributed by atoms with van der Waals surface area (Å²) < 4.78 is 13.2. The van der Waals surface area contributed by atoms with Gasteiger partial charge in [-0.15, -0.1) is 0 Å². The molecule has 0 amide bonds. The predicted octanol–water partition coefficient (Wildman–Crippen LogP) is 1.63. The molecule has 1 aliphatic carbocycles. The molecule has 1 aliphatic rings. The highest BCUT2D eigenvalue weighted by molar-refractivity contribution is 7.84. The van der Waals surface area contributed by atoms with E-state index in [1.807, 2.05) is 6.07 Å². The third-order valence-electron chi connectivity index (χ3n) is 3.19. The van der Waals surface area contributed by atoms with Gasteiger partial charge >= 0.3 is 0 Å². The van der Waals surface area contributed by atoms with Crippen LogP contribution in [0.4, 0.5) is 0 Å². The zero-order valence-corrected chi connectivity index (χ0v) is 10.5. The highest BCUT2D eigenvalue weighted by Crippen LogP contribution is 2.30. The molecule has 0 saturated carbocycles. The summed E-state index contributed by atoms with van der Waals surface area (Å²) in [7, 11) is -0.699. The van der Waals surface area contributed by atoms with E-state index in [0.29, 0.717) is 0 Å². The Morgan fingerprint density at radius 1 is 1.62 bits per heavy atom. The van der Waals surface area contributed by atoms with Gasteiger partial charge in [-0.3, -0.25) is 4.21 Å². The Kier molecular flexibility index (Phi) is 3.82. The molecule has 2 unspecified atom stereocenters. The summed E-state index contributed by atoms with van der Waals surface area (Å²) in [5.74, 6) is 0.759. The number of hydrogen-bond acceptors (Lipinski definition) is 2. The maximum Gasteiger partial charge on any atom is 0.0807 e. The van der Waals surface area contributed by atoms with Gasteiger partial charge < -0.3 is 9.67 Å². The number of fused-ring (bicyclic) bond motifs is 1. The Morgan fingerprint density at radius 2 is 2.44 bits per heavy atom. The van der Waals surface area contributed by atoms with E-state index in [1.54, 1.807) is 6.26 Å². The second-order valence-electron chi connectivity index (χ2n) is 4.45. The Labute approximate surface area is 98.9 Å². The number of aliphatic hydroxyl groups is 1. The Bertz CT molecular complexity index is 386. The van der Waals surface area contributed by atoms with Gasteiger partial charge in [0.2, 0.25) is 0 Å². The smallest absolute Gasteiger partial charge is 0.0807 e. The molecule has 1 aromatic heterocycles. The predicted molar refractivity (Wildman–Crippen MR) is 65.9 cm³/mol. The van der Waals surface area contributed by atoms with Crippen molar-refractivity contribution in [2.75, 3.05) is 12.0 Å². The Balaban J connectivity index is 2.02. The average molecular weight is 241 g/mol. The van der Waals surface area contributed by atoms with Crippen molar-refractivity contribution in [1.82, 2.24) is 4.57 Å². The summed E-state index contributed by atoms with van der Waals surface area (Å²) in [6, 6.07) is 2.03. The van der Waals surface area contributed by atoms with E-state index in [0.717, 1.165) is 43.5 Å². The van der Waals surface area contributed by atoms with Crippen molar-refractivity contribution in [3.8, 4) is 0 Å². The van der Waals surface area contributed by atoms with E-state index in [2.05, 4.69) is 10.8 Å². The van der Waals surface area contributed by atoms with E-state index < -0.39 is 10.8 Å². The van der Waals surface area contributed by atoms with Gasteiger partial charge in [0.15, 0.2) is 0 Å². The molecule has 16 heavy (non-hydrogen) atoms. The summed E-state index contributed by atoms with van der Waals surface area (Å²) in [4.78, 5) is 0. The van der Waals surface area contributed by atoms with Gasteiger partial charge in [0, 0.05) is 46.8 Å². The normalized spacial score (nSPS) is 21.8. The fourth-order valence-electron chi connectivity index (χ4n) is 2.38. The van der Waals surface area contributed by atoms with Crippen LogP contribution >= 0.6 is 0 Å². The topological polar surface area (TPSA) is 42.2 Å². The lowest BCUT2D eigenvalue weighted by Crippen LogP contribution is -2.12. The van der Waals surface area contributed by atoms with Gasteiger partial charge in [0.1, 0.15) is 0 Å². The lowest BCUT2D eigenvalue weighted by atomic mass is 9.95. The van der Waals surface area contributed by atoms with Crippen LogP contribution in [0.25, 0.3) is 0 Å². The maximum absolute atomic E-state index is 11.0. The third-order valence-corrected chi connectivity index (χ3v) is 4.06. The van der Waals surface area contributed by atoms with E-state index >= 15 is 0 Å². The third kappa shape index (κ3) is 2.55. The van der Waals surface area contributed by atoms with Crippen molar-refractivity contribution < 1.29 is 9.32 Å². The van der Waals surface area contributed by atoms with Crippen LogP contribution in [0.5, 0.6) is 0 Å². The minimum Gasteiger partial charge on any atom is -0.388 e. The van der Waals surface area contributed by atoms with Crippen LogP contribution in [0.1, 0.15) is 36.6 Å². The summed E-state index contributed by atoms with van der Waals surface area (Å²) >= 11 is 0. The number of aliphatic hydroxyl groups excluding tert-OH is 1. The Morgan fingerprint density at radius 3 is 3.19 bits per heavy atom. The van der Waals surface area contributed by atoms with Gasteiger partial charge in [-0.05, 0) is 31.7 Å². The highest BCUT2D eigenvalue weighted by atomic mass is 32.2. The molecule has 4 heteroatoms. The number of aryl methyl sites for hydroxylation is 1. The van der Waals surface area contributed by atoms with Gasteiger partial charge in [-0.25, -0.2) is 0 Å². The SMILES string of the molecule is CS(=O)CCCn1ccc2c1CCCC2O. The molecular formula is C12H19NO2S. The first-order valence-corrected chi connectivity index (χ1v) is 7.57. The lowest BCUT2D eigenvalue weighted by molar-refractivity contribution is 0.155. The molecule has 2 rings (SSSR count). The summed E-state index contributed by atoms with van der Waals surface area (Å²) in [6.07, 6.45) is 7.49. The molecule has 0 spiro atoms. The molecule has 1 N–H and O–H groups in total. The standard InChI is InChI=1S/C12H19NO2S/c1-16(15)9-3-7-13-8-6-10-11(13)4-2-5-12(10)14/h6,8,12,14H,2-5,7,9H2,1H3. The second-order valence-corrected chi connectivity index (χ2v) is 6.00. The zero-order valence-electron chi connectivity index (χ0n) is 9.69. The fraction of sp³-hybridized carbons (Fsp3) is 0.667. The van der Waals surface area contributed by atoms with Crippen molar-refractivity contribution in [3.05, 3.63) is 23.5 Å². The first-order valence-electron chi connectivity index (χ1n) is 5.84. The van der Waals surface area contributed by atoms with Crippen LogP contribution in [0, 0.1) is 0 Å². The first-order chi connectivity index (χ1) is 7.68. The van der Waals surface area contributed by atoms with Crippen LogP contribution in [-0.4, -0.2) is 25.9 Å². The minimum atomic E-state index is -0.699. The van der Waals surface area contributed by atoms with Gasteiger partial charge in [0.25, 0.3) is 0 Å².